The molecule has 3 rings (SSSR count). The van der Waals surface area contributed by atoms with Gasteiger partial charge < -0.3 is 5.32 Å². The molecule has 106 valence electrons. The highest BCUT2D eigenvalue weighted by Crippen LogP contribution is 2.22. The van der Waals surface area contributed by atoms with Crippen molar-refractivity contribution >= 4 is 5.69 Å². The number of aromatic amines is 1. The SMILES string of the molecule is Cc1cccc(NCc2n[nH]nc2-c2ccccc2)c1C. The molecule has 0 atom stereocenters. The van der Waals surface area contributed by atoms with E-state index in [1.807, 2.05) is 30.3 Å². The molecule has 1 heterocycles. The highest BCUT2D eigenvalue weighted by molar-refractivity contribution is 5.62. The van der Waals surface area contributed by atoms with Crippen LogP contribution in [0.4, 0.5) is 5.69 Å². The number of H-pyrrole nitrogens is 1. The van der Waals surface area contributed by atoms with E-state index in [1.54, 1.807) is 0 Å². The maximum Gasteiger partial charge on any atom is 0.117 e. The van der Waals surface area contributed by atoms with Crippen molar-refractivity contribution in [1.82, 2.24) is 15.4 Å². The van der Waals surface area contributed by atoms with Crippen LogP contribution in [0.5, 0.6) is 0 Å². The highest BCUT2D eigenvalue weighted by Gasteiger charge is 2.10. The van der Waals surface area contributed by atoms with Crippen LogP contribution in [0.15, 0.2) is 48.5 Å². The highest BCUT2D eigenvalue weighted by atomic mass is 15.3. The van der Waals surface area contributed by atoms with Crippen LogP contribution in [0.3, 0.4) is 0 Å². The Hall–Kier alpha value is -2.62. The summed E-state index contributed by atoms with van der Waals surface area (Å²) in [5, 5.41) is 14.7. The van der Waals surface area contributed by atoms with E-state index in [1.165, 1.54) is 11.1 Å². The summed E-state index contributed by atoms with van der Waals surface area (Å²) in [4.78, 5) is 0. The zero-order valence-electron chi connectivity index (χ0n) is 12.2. The first-order valence-electron chi connectivity index (χ1n) is 7.01. The van der Waals surface area contributed by atoms with E-state index < -0.39 is 0 Å². The van der Waals surface area contributed by atoms with Crippen molar-refractivity contribution < 1.29 is 0 Å². The Kier molecular flexibility index (Phi) is 3.69. The van der Waals surface area contributed by atoms with Gasteiger partial charge in [0.25, 0.3) is 0 Å². The van der Waals surface area contributed by atoms with Gasteiger partial charge in [-0.1, -0.05) is 42.5 Å². The van der Waals surface area contributed by atoms with Crippen molar-refractivity contribution in [3.63, 3.8) is 0 Å². The number of hydrogen-bond donors (Lipinski definition) is 2. The summed E-state index contributed by atoms with van der Waals surface area (Å²) in [5.74, 6) is 0. The second kappa shape index (κ2) is 5.79. The quantitative estimate of drug-likeness (QED) is 0.765. The van der Waals surface area contributed by atoms with Crippen LogP contribution in [0.2, 0.25) is 0 Å². The predicted octanol–water partition coefficient (Wildman–Crippen LogP) is 3.70. The molecule has 0 bridgehead atoms. The molecule has 2 N–H and O–H groups in total. The summed E-state index contributed by atoms with van der Waals surface area (Å²) >= 11 is 0. The van der Waals surface area contributed by atoms with E-state index in [2.05, 4.69) is 52.8 Å². The summed E-state index contributed by atoms with van der Waals surface area (Å²) in [5.41, 5.74) is 6.57. The minimum Gasteiger partial charge on any atom is -0.379 e. The molecule has 4 heteroatoms. The van der Waals surface area contributed by atoms with E-state index in [0.29, 0.717) is 6.54 Å². The van der Waals surface area contributed by atoms with Crippen molar-refractivity contribution in [2.75, 3.05) is 5.32 Å². The molecule has 0 aliphatic heterocycles. The lowest BCUT2D eigenvalue weighted by Crippen LogP contribution is -2.03. The summed E-state index contributed by atoms with van der Waals surface area (Å²) < 4.78 is 0. The van der Waals surface area contributed by atoms with Crippen LogP contribution < -0.4 is 5.32 Å². The molecule has 0 aliphatic rings. The van der Waals surface area contributed by atoms with Crippen LogP contribution in [-0.2, 0) is 6.54 Å². The van der Waals surface area contributed by atoms with Crippen LogP contribution in [0.25, 0.3) is 11.3 Å². The van der Waals surface area contributed by atoms with Gasteiger partial charge in [0.15, 0.2) is 0 Å². The number of hydrogen-bond acceptors (Lipinski definition) is 3. The van der Waals surface area contributed by atoms with Crippen LogP contribution in [0.1, 0.15) is 16.8 Å². The molecule has 3 aromatic rings. The zero-order valence-corrected chi connectivity index (χ0v) is 12.2. The molecule has 0 amide bonds. The number of anilines is 1. The Morgan fingerprint density at radius 1 is 0.952 bits per heavy atom. The monoisotopic (exact) mass is 278 g/mol. The summed E-state index contributed by atoms with van der Waals surface area (Å²) in [7, 11) is 0. The van der Waals surface area contributed by atoms with Crippen molar-refractivity contribution in [2.24, 2.45) is 0 Å². The average molecular weight is 278 g/mol. The molecule has 0 spiro atoms. The standard InChI is InChI=1S/C17H18N4/c1-12-7-6-10-15(13(12)2)18-11-16-17(20-21-19-16)14-8-4-3-5-9-14/h3-10,18H,11H2,1-2H3,(H,19,20,21). The molecule has 1 aromatic heterocycles. The number of nitrogens with one attached hydrogen (secondary N) is 2. The summed E-state index contributed by atoms with van der Waals surface area (Å²) in [6.45, 7) is 4.88. The predicted molar refractivity (Wildman–Crippen MR) is 85.1 cm³/mol. The Balaban J connectivity index is 1.81. The minimum atomic E-state index is 0.644. The van der Waals surface area contributed by atoms with E-state index in [4.69, 9.17) is 0 Å². The smallest absolute Gasteiger partial charge is 0.117 e. The van der Waals surface area contributed by atoms with Crippen molar-refractivity contribution in [2.45, 2.75) is 20.4 Å². The van der Waals surface area contributed by atoms with E-state index in [0.717, 1.165) is 22.6 Å². The Morgan fingerprint density at radius 3 is 2.57 bits per heavy atom. The molecule has 0 aliphatic carbocycles. The third-order valence-electron chi connectivity index (χ3n) is 3.72. The minimum absolute atomic E-state index is 0.644. The van der Waals surface area contributed by atoms with Gasteiger partial charge in [-0.05, 0) is 31.0 Å². The van der Waals surface area contributed by atoms with Gasteiger partial charge in [0.05, 0.1) is 6.54 Å². The lowest BCUT2D eigenvalue weighted by atomic mass is 10.1. The van der Waals surface area contributed by atoms with Gasteiger partial charge in [-0.3, -0.25) is 0 Å². The first-order valence-corrected chi connectivity index (χ1v) is 7.01. The number of aromatic nitrogens is 3. The lowest BCUT2D eigenvalue weighted by Gasteiger charge is -2.10. The van der Waals surface area contributed by atoms with Gasteiger partial charge in [-0.15, -0.1) is 0 Å². The molecule has 0 saturated heterocycles. The van der Waals surface area contributed by atoms with Crippen LogP contribution >= 0.6 is 0 Å². The van der Waals surface area contributed by atoms with Gasteiger partial charge in [-0.25, -0.2) is 0 Å². The maximum absolute atomic E-state index is 4.26. The average Bonchev–Trinajstić information content (AvgIpc) is 2.98. The number of rotatable bonds is 4. The van der Waals surface area contributed by atoms with E-state index >= 15 is 0 Å². The molecule has 0 fully saturated rings. The Bertz CT molecular complexity index is 732. The third-order valence-corrected chi connectivity index (χ3v) is 3.72. The van der Waals surface area contributed by atoms with Gasteiger partial charge >= 0.3 is 0 Å². The second-order valence-electron chi connectivity index (χ2n) is 5.09. The molecule has 21 heavy (non-hydrogen) atoms. The molecule has 4 nitrogen and oxygen atoms in total. The number of nitrogens with zero attached hydrogens (tertiary/aromatic N) is 2. The maximum atomic E-state index is 4.26. The van der Waals surface area contributed by atoms with E-state index in [-0.39, 0.29) is 0 Å². The first kappa shape index (κ1) is 13.4. The first-order chi connectivity index (χ1) is 10.3. The summed E-state index contributed by atoms with van der Waals surface area (Å²) in [6.07, 6.45) is 0. The topological polar surface area (TPSA) is 53.6 Å². The van der Waals surface area contributed by atoms with Crippen molar-refractivity contribution in [1.29, 1.82) is 0 Å². The normalized spacial score (nSPS) is 10.6. The Labute approximate surface area is 124 Å². The van der Waals surface area contributed by atoms with Gasteiger partial charge in [0.2, 0.25) is 0 Å². The fraction of sp³-hybridized carbons (Fsp3) is 0.176. The fourth-order valence-electron chi connectivity index (χ4n) is 2.32. The van der Waals surface area contributed by atoms with Gasteiger partial charge in [-0.2, -0.15) is 15.4 Å². The largest absolute Gasteiger partial charge is 0.379 e. The molecule has 2 aromatic carbocycles. The Morgan fingerprint density at radius 2 is 1.76 bits per heavy atom. The van der Waals surface area contributed by atoms with Crippen LogP contribution in [0, 0.1) is 13.8 Å². The lowest BCUT2D eigenvalue weighted by molar-refractivity contribution is 0.911. The molecular formula is C17H18N4. The molecule has 0 unspecified atom stereocenters. The summed E-state index contributed by atoms with van der Waals surface area (Å²) in [6, 6.07) is 16.4. The molecular weight excluding hydrogens is 260 g/mol. The van der Waals surface area contributed by atoms with Crippen molar-refractivity contribution in [3.05, 3.63) is 65.4 Å². The third kappa shape index (κ3) is 2.79. The van der Waals surface area contributed by atoms with Crippen molar-refractivity contribution in [3.8, 4) is 11.3 Å². The number of aryl methyl sites for hydroxylation is 1. The van der Waals surface area contributed by atoms with Gasteiger partial charge in [0.1, 0.15) is 11.4 Å². The van der Waals surface area contributed by atoms with Gasteiger partial charge in [0, 0.05) is 11.3 Å². The molecule has 0 saturated carbocycles. The van der Waals surface area contributed by atoms with Crippen LogP contribution in [-0.4, -0.2) is 15.4 Å². The van der Waals surface area contributed by atoms with E-state index in [9.17, 15) is 0 Å². The zero-order chi connectivity index (χ0) is 14.7. The second-order valence-corrected chi connectivity index (χ2v) is 5.09. The fourth-order valence-corrected chi connectivity index (χ4v) is 2.32. The molecule has 0 radical (unpaired) electrons. The number of benzene rings is 2.